The summed E-state index contributed by atoms with van der Waals surface area (Å²) in [6, 6.07) is 8.56. The van der Waals surface area contributed by atoms with E-state index in [9.17, 15) is 9.59 Å². The van der Waals surface area contributed by atoms with E-state index in [-0.39, 0.29) is 12.5 Å². The number of nitrogens with one attached hydrogen (secondary N) is 1. The number of nitrogens with zero attached hydrogens (tertiary/aromatic N) is 3. The zero-order valence-corrected chi connectivity index (χ0v) is 15.7. The number of hydrogen-bond donors (Lipinski definition) is 2. The van der Waals surface area contributed by atoms with Crippen LogP contribution >= 0.6 is 0 Å². The fourth-order valence-corrected chi connectivity index (χ4v) is 3.14. The van der Waals surface area contributed by atoms with Crippen LogP contribution in [0.3, 0.4) is 0 Å². The standard InChI is InChI=1S/C19H30N4O3/c1-21(2)9-6-10-22-11-13-23(14-12-22)19(26)20-17(15-18(24)25)16-7-4-3-5-8-16/h3-5,7-8,17H,6,9-15H2,1-2H3,(H,20,26)(H,24,25). The predicted molar refractivity (Wildman–Crippen MR) is 101 cm³/mol. The van der Waals surface area contributed by atoms with Crippen molar-refractivity contribution in [2.45, 2.75) is 18.9 Å². The summed E-state index contributed by atoms with van der Waals surface area (Å²) in [4.78, 5) is 30.1. The van der Waals surface area contributed by atoms with Crippen LogP contribution in [0.1, 0.15) is 24.4 Å². The SMILES string of the molecule is CN(C)CCCN1CCN(C(=O)NC(CC(=O)O)c2ccccc2)CC1. The predicted octanol–water partition coefficient (Wildman–Crippen LogP) is 1.48. The number of carboxylic acids is 1. The van der Waals surface area contributed by atoms with Crippen LogP contribution in [-0.4, -0.2) is 85.2 Å². The number of urea groups is 1. The van der Waals surface area contributed by atoms with E-state index in [1.54, 1.807) is 4.90 Å². The topological polar surface area (TPSA) is 76.1 Å². The minimum absolute atomic E-state index is 0.125. The fourth-order valence-electron chi connectivity index (χ4n) is 3.14. The molecule has 1 aliphatic heterocycles. The summed E-state index contributed by atoms with van der Waals surface area (Å²) in [7, 11) is 4.14. The third kappa shape index (κ3) is 6.65. The number of rotatable bonds is 8. The Morgan fingerprint density at radius 1 is 1.15 bits per heavy atom. The van der Waals surface area contributed by atoms with Crippen molar-refractivity contribution in [3.63, 3.8) is 0 Å². The highest BCUT2D eigenvalue weighted by Crippen LogP contribution is 2.17. The van der Waals surface area contributed by atoms with E-state index in [1.807, 2.05) is 30.3 Å². The third-order valence-corrected chi connectivity index (χ3v) is 4.62. The smallest absolute Gasteiger partial charge is 0.317 e. The third-order valence-electron chi connectivity index (χ3n) is 4.62. The number of carbonyl (C=O) groups is 2. The normalized spacial score (nSPS) is 16.5. The molecule has 2 N–H and O–H groups in total. The number of carbonyl (C=O) groups excluding carboxylic acids is 1. The van der Waals surface area contributed by atoms with Gasteiger partial charge in [-0.15, -0.1) is 0 Å². The molecule has 144 valence electrons. The average molecular weight is 362 g/mol. The zero-order valence-electron chi connectivity index (χ0n) is 15.7. The van der Waals surface area contributed by atoms with Crippen molar-refractivity contribution in [2.24, 2.45) is 0 Å². The summed E-state index contributed by atoms with van der Waals surface area (Å²) in [6.45, 7) is 5.16. The lowest BCUT2D eigenvalue weighted by molar-refractivity contribution is -0.137. The van der Waals surface area contributed by atoms with Crippen molar-refractivity contribution in [1.82, 2.24) is 20.0 Å². The van der Waals surface area contributed by atoms with Crippen LogP contribution in [0.25, 0.3) is 0 Å². The molecule has 0 aliphatic carbocycles. The Bertz CT molecular complexity index is 571. The lowest BCUT2D eigenvalue weighted by Crippen LogP contribution is -2.52. The van der Waals surface area contributed by atoms with E-state index in [0.29, 0.717) is 13.1 Å². The monoisotopic (exact) mass is 362 g/mol. The summed E-state index contributed by atoms with van der Waals surface area (Å²) in [5.41, 5.74) is 0.811. The minimum atomic E-state index is -0.926. The van der Waals surface area contributed by atoms with Crippen LogP contribution in [-0.2, 0) is 4.79 Å². The number of amides is 2. The molecule has 1 saturated heterocycles. The van der Waals surface area contributed by atoms with Gasteiger partial charge in [-0.05, 0) is 39.2 Å². The van der Waals surface area contributed by atoms with Crippen molar-refractivity contribution in [3.8, 4) is 0 Å². The van der Waals surface area contributed by atoms with Gasteiger partial charge in [0, 0.05) is 26.2 Å². The van der Waals surface area contributed by atoms with Crippen LogP contribution < -0.4 is 5.32 Å². The summed E-state index contributed by atoms with van der Waals surface area (Å²) in [5, 5.41) is 12.0. The highest BCUT2D eigenvalue weighted by Gasteiger charge is 2.24. The van der Waals surface area contributed by atoms with Gasteiger partial charge in [0.25, 0.3) is 0 Å². The van der Waals surface area contributed by atoms with Crippen LogP contribution in [0, 0.1) is 0 Å². The lowest BCUT2D eigenvalue weighted by Gasteiger charge is -2.35. The molecule has 0 saturated carbocycles. The molecule has 0 radical (unpaired) electrons. The Labute approximate surface area is 155 Å². The van der Waals surface area contributed by atoms with Crippen molar-refractivity contribution < 1.29 is 14.7 Å². The lowest BCUT2D eigenvalue weighted by atomic mass is 10.0. The molecule has 1 unspecified atom stereocenters. The number of carboxylic acid groups (broad SMARTS) is 1. The molecule has 2 rings (SSSR count). The summed E-state index contributed by atoms with van der Waals surface area (Å²) < 4.78 is 0. The largest absolute Gasteiger partial charge is 0.481 e. The second kappa shape index (κ2) is 10.1. The molecule has 1 heterocycles. The van der Waals surface area contributed by atoms with Gasteiger partial charge in [-0.2, -0.15) is 0 Å². The van der Waals surface area contributed by atoms with E-state index in [0.717, 1.165) is 38.2 Å². The van der Waals surface area contributed by atoms with Crippen LogP contribution in [0.2, 0.25) is 0 Å². The molecule has 2 amide bonds. The van der Waals surface area contributed by atoms with Crippen LogP contribution in [0.4, 0.5) is 4.79 Å². The number of aliphatic carboxylic acids is 1. The highest BCUT2D eigenvalue weighted by molar-refractivity contribution is 5.76. The van der Waals surface area contributed by atoms with Gasteiger partial charge in [0.1, 0.15) is 0 Å². The van der Waals surface area contributed by atoms with Gasteiger partial charge >= 0.3 is 12.0 Å². The molecule has 7 heteroatoms. The second-order valence-electron chi connectivity index (χ2n) is 7.00. The summed E-state index contributed by atoms with van der Waals surface area (Å²) in [6.07, 6.45) is 0.994. The molecular formula is C19H30N4O3. The Balaban J connectivity index is 1.83. The molecule has 1 fully saturated rings. The first-order chi connectivity index (χ1) is 12.5. The van der Waals surface area contributed by atoms with Crippen molar-refractivity contribution in [3.05, 3.63) is 35.9 Å². The van der Waals surface area contributed by atoms with E-state index >= 15 is 0 Å². The van der Waals surface area contributed by atoms with Gasteiger partial charge in [0.2, 0.25) is 0 Å². The molecule has 26 heavy (non-hydrogen) atoms. The summed E-state index contributed by atoms with van der Waals surface area (Å²) >= 11 is 0. The number of benzene rings is 1. The van der Waals surface area contributed by atoms with Crippen LogP contribution in [0.5, 0.6) is 0 Å². The van der Waals surface area contributed by atoms with Gasteiger partial charge in [0.05, 0.1) is 12.5 Å². The Hall–Kier alpha value is -2.12. The first-order valence-corrected chi connectivity index (χ1v) is 9.15. The maximum Gasteiger partial charge on any atom is 0.317 e. The summed E-state index contributed by atoms with van der Waals surface area (Å²) in [5.74, 6) is -0.926. The van der Waals surface area contributed by atoms with Gasteiger partial charge < -0.3 is 20.2 Å². The maximum absolute atomic E-state index is 12.6. The molecule has 0 aromatic heterocycles. The van der Waals surface area contributed by atoms with E-state index < -0.39 is 12.0 Å². The molecule has 1 aromatic carbocycles. The molecule has 1 aromatic rings. The van der Waals surface area contributed by atoms with E-state index in [2.05, 4.69) is 29.2 Å². The van der Waals surface area contributed by atoms with Gasteiger partial charge in [0.15, 0.2) is 0 Å². The van der Waals surface area contributed by atoms with Crippen molar-refractivity contribution >= 4 is 12.0 Å². The van der Waals surface area contributed by atoms with Gasteiger partial charge in [-0.3, -0.25) is 9.69 Å². The minimum Gasteiger partial charge on any atom is -0.481 e. The zero-order chi connectivity index (χ0) is 18.9. The Morgan fingerprint density at radius 3 is 2.38 bits per heavy atom. The number of piperazine rings is 1. The Kier molecular flexibility index (Phi) is 7.87. The maximum atomic E-state index is 12.6. The molecule has 1 aliphatic rings. The molecule has 0 bridgehead atoms. The average Bonchev–Trinajstić information content (AvgIpc) is 2.62. The van der Waals surface area contributed by atoms with Crippen LogP contribution in [0.15, 0.2) is 30.3 Å². The quantitative estimate of drug-likeness (QED) is 0.733. The van der Waals surface area contributed by atoms with Gasteiger partial charge in [-0.1, -0.05) is 30.3 Å². The van der Waals surface area contributed by atoms with E-state index in [4.69, 9.17) is 5.11 Å². The molecule has 0 spiro atoms. The highest BCUT2D eigenvalue weighted by atomic mass is 16.4. The first-order valence-electron chi connectivity index (χ1n) is 9.15. The molecule has 7 nitrogen and oxygen atoms in total. The van der Waals surface area contributed by atoms with Gasteiger partial charge in [-0.25, -0.2) is 4.79 Å². The van der Waals surface area contributed by atoms with Crippen molar-refractivity contribution in [1.29, 1.82) is 0 Å². The first kappa shape index (κ1) is 20.2. The Morgan fingerprint density at radius 2 is 1.81 bits per heavy atom. The van der Waals surface area contributed by atoms with Crippen molar-refractivity contribution in [2.75, 3.05) is 53.4 Å². The second-order valence-corrected chi connectivity index (χ2v) is 7.00. The fraction of sp³-hybridized carbons (Fsp3) is 0.579. The van der Waals surface area contributed by atoms with E-state index in [1.165, 1.54) is 0 Å². The molecule has 1 atom stereocenters. The number of hydrogen-bond acceptors (Lipinski definition) is 4. The molecular weight excluding hydrogens is 332 g/mol.